The lowest BCUT2D eigenvalue weighted by molar-refractivity contribution is -0.136. The van der Waals surface area contributed by atoms with Crippen LogP contribution in [0.1, 0.15) is 20.3 Å². The van der Waals surface area contributed by atoms with E-state index in [4.69, 9.17) is 4.74 Å². The SMILES string of the molecule is CCC1CN(CC=C(C)C(=O)OC)CCO1. The van der Waals surface area contributed by atoms with E-state index in [2.05, 4.69) is 16.6 Å². The van der Waals surface area contributed by atoms with E-state index in [1.54, 1.807) is 6.92 Å². The highest BCUT2D eigenvalue weighted by molar-refractivity contribution is 5.87. The van der Waals surface area contributed by atoms with Crippen molar-refractivity contribution in [3.05, 3.63) is 11.6 Å². The van der Waals surface area contributed by atoms with E-state index in [9.17, 15) is 4.79 Å². The van der Waals surface area contributed by atoms with Gasteiger partial charge in [0.15, 0.2) is 0 Å². The maximum Gasteiger partial charge on any atom is 0.333 e. The number of nitrogens with zero attached hydrogens (tertiary/aromatic N) is 1. The largest absolute Gasteiger partial charge is 0.466 e. The van der Waals surface area contributed by atoms with E-state index in [0.29, 0.717) is 11.7 Å². The molecule has 1 fully saturated rings. The maximum absolute atomic E-state index is 11.2. The van der Waals surface area contributed by atoms with Crippen LogP contribution in [0.3, 0.4) is 0 Å². The number of ether oxygens (including phenoxy) is 2. The van der Waals surface area contributed by atoms with Gasteiger partial charge in [-0.2, -0.15) is 0 Å². The summed E-state index contributed by atoms with van der Waals surface area (Å²) in [6, 6.07) is 0. The number of hydrogen-bond acceptors (Lipinski definition) is 4. The fourth-order valence-electron chi connectivity index (χ4n) is 1.70. The second-order valence-corrected chi connectivity index (χ2v) is 4.04. The molecular weight excluding hydrogens is 206 g/mol. The number of morpholine rings is 1. The number of carbonyl (C=O) groups excluding carboxylic acids is 1. The average molecular weight is 227 g/mol. The van der Waals surface area contributed by atoms with Gasteiger partial charge in [-0.05, 0) is 13.3 Å². The topological polar surface area (TPSA) is 38.8 Å². The van der Waals surface area contributed by atoms with E-state index in [-0.39, 0.29) is 5.97 Å². The third-order valence-electron chi connectivity index (χ3n) is 2.84. The van der Waals surface area contributed by atoms with Gasteiger partial charge in [-0.15, -0.1) is 0 Å². The number of methoxy groups -OCH3 is 1. The third-order valence-corrected chi connectivity index (χ3v) is 2.84. The van der Waals surface area contributed by atoms with Crippen molar-refractivity contribution in [2.75, 3.05) is 33.4 Å². The first-order valence-electron chi connectivity index (χ1n) is 5.76. The van der Waals surface area contributed by atoms with Crippen LogP contribution in [0.2, 0.25) is 0 Å². The van der Waals surface area contributed by atoms with Crippen LogP contribution in [0.5, 0.6) is 0 Å². The van der Waals surface area contributed by atoms with Gasteiger partial charge in [0.1, 0.15) is 0 Å². The van der Waals surface area contributed by atoms with Crippen molar-refractivity contribution in [1.29, 1.82) is 0 Å². The molecule has 0 amide bonds. The minimum absolute atomic E-state index is 0.250. The van der Waals surface area contributed by atoms with Gasteiger partial charge in [-0.25, -0.2) is 4.79 Å². The second kappa shape index (κ2) is 6.66. The van der Waals surface area contributed by atoms with E-state index >= 15 is 0 Å². The van der Waals surface area contributed by atoms with Crippen molar-refractivity contribution in [2.45, 2.75) is 26.4 Å². The van der Waals surface area contributed by atoms with Crippen LogP contribution in [0.15, 0.2) is 11.6 Å². The first-order chi connectivity index (χ1) is 7.67. The van der Waals surface area contributed by atoms with Gasteiger partial charge >= 0.3 is 5.97 Å². The second-order valence-electron chi connectivity index (χ2n) is 4.04. The summed E-state index contributed by atoms with van der Waals surface area (Å²) >= 11 is 0. The summed E-state index contributed by atoms with van der Waals surface area (Å²) in [5.41, 5.74) is 0.669. The number of carbonyl (C=O) groups is 1. The fourth-order valence-corrected chi connectivity index (χ4v) is 1.70. The Morgan fingerprint density at radius 3 is 3.00 bits per heavy atom. The fraction of sp³-hybridized carbons (Fsp3) is 0.750. The number of esters is 1. The Hall–Kier alpha value is -0.870. The molecule has 1 aliphatic rings. The Kier molecular flexibility index (Phi) is 5.49. The zero-order valence-corrected chi connectivity index (χ0v) is 10.4. The Labute approximate surface area is 97.2 Å². The van der Waals surface area contributed by atoms with E-state index in [1.165, 1.54) is 7.11 Å². The third kappa shape index (κ3) is 3.94. The van der Waals surface area contributed by atoms with E-state index < -0.39 is 0 Å². The molecule has 0 aliphatic carbocycles. The van der Waals surface area contributed by atoms with Crippen molar-refractivity contribution in [1.82, 2.24) is 4.90 Å². The molecule has 1 saturated heterocycles. The number of hydrogen-bond donors (Lipinski definition) is 0. The van der Waals surface area contributed by atoms with Crippen LogP contribution >= 0.6 is 0 Å². The van der Waals surface area contributed by atoms with Crippen LogP contribution < -0.4 is 0 Å². The van der Waals surface area contributed by atoms with Gasteiger partial charge in [0.2, 0.25) is 0 Å². The molecule has 0 saturated carbocycles. The van der Waals surface area contributed by atoms with Crippen LogP contribution in [-0.2, 0) is 14.3 Å². The lowest BCUT2D eigenvalue weighted by atomic mass is 10.2. The minimum Gasteiger partial charge on any atom is -0.466 e. The zero-order valence-electron chi connectivity index (χ0n) is 10.4. The van der Waals surface area contributed by atoms with Crippen LogP contribution in [0, 0.1) is 0 Å². The monoisotopic (exact) mass is 227 g/mol. The summed E-state index contributed by atoms with van der Waals surface area (Å²) in [4.78, 5) is 13.5. The van der Waals surface area contributed by atoms with E-state index in [1.807, 2.05) is 6.08 Å². The molecule has 0 radical (unpaired) electrons. The average Bonchev–Trinajstić information content (AvgIpc) is 2.35. The van der Waals surface area contributed by atoms with Crippen molar-refractivity contribution in [2.24, 2.45) is 0 Å². The highest BCUT2D eigenvalue weighted by Crippen LogP contribution is 2.08. The van der Waals surface area contributed by atoms with Crippen molar-refractivity contribution in [3.8, 4) is 0 Å². The molecular formula is C12H21NO3. The first kappa shape index (κ1) is 13.2. The molecule has 4 heteroatoms. The van der Waals surface area contributed by atoms with Gasteiger partial charge in [-0.1, -0.05) is 13.0 Å². The molecule has 0 aromatic rings. The van der Waals surface area contributed by atoms with Gasteiger partial charge in [0.25, 0.3) is 0 Å². The van der Waals surface area contributed by atoms with E-state index in [0.717, 1.165) is 32.7 Å². The lowest BCUT2D eigenvalue weighted by Gasteiger charge is -2.31. The molecule has 1 heterocycles. The van der Waals surface area contributed by atoms with Crippen LogP contribution in [0.25, 0.3) is 0 Å². The Balaban J connectivity index is 2.39. The highest BCUT2D eigenvalue weighted by Gasteiger charge is 2.17. The summed E-state index contributed by atoms with van der Waals surface area (Å²) in [5.74, 6) is -0.250. The molecule has 0 N–H and O–H groups in total. The molecule has 0 aromatic heterocycles. The minimum atomic E-state index is -0.250. The molecule has 4 nitrogen and oxygen atoms in total. The summed E-state index contributed by atoms with van der Waals surface area (Å²) in [6.45, 7) is 7.36. The highest BCUT2D eigenvalue weighted by atomic mass is 16.5. The van der Waals surface area contributed by atoms with Gasteiger partial charge in [0, 0.05) is 25.2 Å². The standard InChI is InChI=1S/C12H21NO3/c1-4-11-9-13(7-8-16-11)6-5-10(2)12(14)15-3/h5,11H,4,6-9H2,1-3H3. The summed E-state index contributed by atoms with van der Waals surface area (Å²) in [6.07, 6.45) is 3.29. The molecule has 1 unspecified atom stereocenters. The Morgan fingerprint density at radius 1 is 1.62 bits per heavy atom. The van der Waals surface area contributed by atoms with Gasteiger partial charge in [-0.3, -0.25) is 4.90 Å². The molecule has 1 atom stereocenters. The predicted octanol–water partition coefficient (Wildman–Crippen LogP) is 1.22. The van der Waals surface area contributed by atoms with Crippen molar-refractivity contribution >= 4 is 5.97 Å². The summed E-state index contributed by atoms with van der Waals surface area (Å²) in [5, 5.41) is 0. The maximum atomic E-state index is 11.2. The predicted molar refractivity (Wildman–Crippen MR) is 62.2 cm³/mol. The molecule has 0 bridgehead atoms. The van der Waals surface area contributed by atoms with Crippen molar-refractivity contribution < 1.29 is 14.3 Å². The van der Waals surface area contributed by atoms with Gasteiger partial charge < -0.3 is 9.47 Å². The zero-order chi connectivity index (χ0) is 12.0. The van der Waals surface area contributed by atoms with Crippen LogP contribution in [-0.4, -0.2) is 50.3 Å². The smallest absolute Gasteiger partial charge is 0.333 e. The first-order valence-corrected chi connectivity index (χ1v) is 5.76. The number of rotatable bonds is 4. The molecule has 16 heavy (non-hydrogen) atoms. The Bertz CT molecular complexity index is 263. The summed E-state index contributed by atoms with van der Waals surface area (Å²) < 4.78 is 10.2. The molecule has 0 spiro atoms. The normalized spacial score (nSPS) is 23.2. The van der Waals surface area contributed by atoms with Gasteiger partial charge in [0.05, 0.1) is 19.8 Å². The van der Waals surface area contributed by atoms with Crippen LogP contribution in [0.4, 0.5) is 0 Å². The molecule has 92 valence electrons. The lowest BCUT2D eigenvalue weighted by Crippen LogP contribution is -2.42. The molecule has 0 aromatic carbocycles. The van der Waals surface area contributed by atoms with Crippen molar-refractivity contribution in [3.63, 3.8) is 0 Å². The molecule has 1 rings (SSSR count). The molecule has 1 aliphatic heterocycles. The summed E-state index contributed by atoms with van der Waals surface area (Å²) in [7, 11) is 1.40. The Morgan fingerprint density at radius 2 is 2.38 bits per heavy atom. The quantitative estimate of drug-likeness (QED) is 0.534.